The first-order valence-electron chi connectivity index (χ1n) is 3.99. The third kappa shape index (κ3) is 1.41. The number of rotatable bonds is 2. The zero-order valence-electron chi connectivity index (χ0n) is 7.17. The standard InChI is InChI=1S/C8H11BrN2O/c1-5-8(9)6(2)11(10-5)3-7-4-12-7/h7H,3-4H2,1-2H3. The zero-order chi connectivity index (χ0) is 8.72. The lowest BCUT2D eigenvalue weighted by molar-refractivity contribution is 0.371. The minimum atomic E-state index is 0.398. The van der Waals surface area contributed by atoms with Crippen LogP contribution < -0.4 is 0 Å². The molecule has 1 aliphatic heterocycles. The Morgan fingerprint density at radius 3 is 2.75 bits per heavy atom. The van der Waals surface area contributed by atoms with Gasteiger partial charge in [0, 0.05) is 5.69 Å². The minimum Gasteiger partial charge on any atom is -0.371 e. The van der Waals surface area contributed by atoms with Crippen molar-refractivity contribution in [1.29, 1.82) is 0 Å². The van der Waals surface area contributed by atoms with Gasteiger partial charge in [-0.05, 0) is 29.8 Å². The number of epoxide rings is 1. The molecule has 1 fully saturated rings. The van der Waals surface area contributed by atoms with Crippen molar-refractivity contribution in [2.75, 3.05) is 6.61 Å². The maximum atomic E-state index is 5.14. The molecule has 66 valence electrons. The van der Waals surface area contributed by atoms with E-state index in [2.05, 4.69) is 28.0 Å². The summed E-state index contributed by atoms with van der Waals surface area (Å²) >= 11 is 3.49. The average Bonchev–Trinajstić information content (AvgIpc) is 2.80. The molecule has 1 aliphatic rings. The second-order valence-corrected chi connectivity index (χ2v) is 3.92. The monoisotopic (exact) mass is 230 g/mol. The van der Waals surface area contributed by atoms with Crippen molar-refractivity contribution in [3.05, 3.63) is 15.9 Å². The van der Waals surface area contributed by atoms with Gasteiger partial charge in [0.1, 0.15) is 6.10 Å². The molecule has 0 aromatic carbocycles. The van der Waals surface area contributed by atoms with Crippen molar-refractivity contribution < 1.29 is 4.74 Å². The quantitative estimate of drug-likeness (QED) is 0.724. The number of nitrogens with zero attached hydrogens (tertiary/aromatic N) is 2. The molecule has 0 bridgehead atoms. The summed E-state index contributed by atoms with van der Waals surface area (Å²) in [4.78, 5) is 0. The number of hydrogen-bond acceptors (Lipinski definition) is 2. The van der Waals surface area contributed by atoms with Gasteiger partial charge in [-0.3, -0.25) is 4.68 Å². The molecular weight excluding hydrogens is 220 g/mol. The van der Waals surface area contributed by atoms with Gasteiger partial charge >= 0.3 is 0 Å². The van der Waals surface area contributed by atoms with Crippen LogP contribution in [0.25, 0.3) is 0 Å². The molecule has 1 atom stereocenters. The lowest BCUT2D eigenvalue weighted by Gasteiger charge is -1.99. The molecule has 12 heavy (non-hydrogen) atoms. The lowest BCUT2D eigenvalue weighted by Crippen LogP contribution is -2.07. The Kier molecular flexibility index (Phi) is 1.96. The molecule has 2 heterocycles. The van der Waals surface area contributed by atoms with Crippen LogP contribution in [0.15, 0.2) is 4.47 Å². The van der Waals surface area contributed by atoms with Crippen molar-refractivity contribution >= 4 is 15.9 Å². The van der Waals surface area contributed by atoms with E-state index in [-0.39, 0.29) is 0 Å². The van der Waals surface area contributed by atoms with E-state index < -0.39 is 0 Å². The van der Waals surface area contributed by atoms with E-state index in [9.17, 15) is 0 Å². The highest BCUT2D eigenvalue weighted by molar-refractivity contribution is 9.10. The van der Waals surface area contributed by atoms with Crippen molar-refractivity contribution in [3.8, 4) is 0 Å². The summed E-state index contributed by atoms with van der Waals surface area (Å²) < 4.78 is 8.25. The summed E-state index contributed by atoms with van der Waals surface area (Å²) in [5, 5.41) is 4.38. The Bertz CT molecular complexity index is 304. The average molecular weight is 231 g/mol. The van der Waals surface area contributed by atoms with Crippen LogP contribution in [0.5, 0.6) is 0 Å². The van der Waals surface area contributed by atoms with E-state index in [1.54, 1.807) is 0 Å². The van der Waals surface area contributed by atoms with E-state index in [1.807, 2.05) is 11.6 Å². The molecule has 1 aromatic rings. The summed E-state index contributed by atoms with van der Waals surface area (Å²) in [6.07, 6.45) is 0.398. The predicted octanol–water partition coefficient (Wildman–Crippen LogP) is 1.66. The molecular formula is C8H11BrN2O. The lowest BCUT2D eigenvalue weighted by atomic mass is 10.4. The topological polar surface area (TPSA) is 30.4 Å². The van der Waals surface area contributed by atoms with Gasteiger partial charge in [-0.1, -0.05) is 0 Å². The van der Waals surface area contributed by atoms with Gasteiger partial charge in [-0.25, -0.2) is 0 Å². The van der Waals surface area contributed by atoms with Crippen LogP contribution >= 0.6 is 15.9 Å². The van der Waals surface area contributed by atoms with Crippen molar-refractivity contribution in [2.45, 2.75) is 26.5 Å². The fourth-order valence-corrected chi connectivity index (χ4v) is 1.50. The Morgan fingerprint density at radius 1 is 1.67 bits per heavy atom. The van der Waals surface area contributed by atoms with Crippen molar-refractivity contribution in [2.24, 2.45) is 0 Å². The molecule has 4 heteroatoms. The fraction of sp³-hybridized carbons (Fsp3) is 0.625. The molecule has 1 saturated heterocycles. The van der Waals surface area contributed by atoms with Crippen LogP contribution in [0.3, 0.4) is 0 Å². The molecule has 0 aliphatic carbocycles. The highest BCUT2D eigenvalue weighted by Gasteiger charge is 2.24. The van der Waals surface area contributed by atoms with Crippen molar-refractivity contribution in [3.63, 3.8) is 0 Å². The third-order valence-corrected chi connectivity index (χ3v) is 3.22. The zero-order valence-corrected chi connectivity index (χ0v) is 8.76. The van der Waals surface area contributed by atoms with Crippen LogP contribution in [0.4, 0.5) is 0 Å². The second kappa shape index (κ2) is 2.85. The minimum absolute atomic E-state index is 0.398. The van der Waals surface area contributed by atoms with E-state index in [0.29, 0.717) is 6.10 Å². The first kappa shape index (κ1) is 8.26. The normalized spacial score (nSPS) is 21.4. The molecule has 0 saturated carbocycles. The molecule has 1 unspecified atom stereocenters. The number of hydrogen-bond donors (Lipinski definition) is 0. The summed E-state index contributed by atoms with van der Waals surface area (Å²) in [5.41, 5.74) is 2.23. The summed E-state index contributed by atoms with van der Waals surface area (Å²) in [7, 11) is 0. The number of aryl methyl sites for hydroxylation is 1. The van der Waals surface area contributed by atoms with Crippen molar-refractivity contribution in [1.82, 2.24) is 9.78 Å². The third-order valence-electron chi connectivity index (χ3n) is 2.07. The van der Waals surface area contributed by atoms with E-state index in [0.717, 1.165) is 23.3 Å². The van der Waals surface area contributed by atoms with Crippen LogP contribution in [0, 0.1) is 13.8 Å². The Hall–Kier alpha value is -0.350. The Balaban J connectivity index is 2.23. The smallest absolute Gasteiger partial charge is 0.100 e. The van der Waals surface area contributed by atoms with E-state index >= 15 is 0 Å². The molecule has 1 aromatic heterocycles. The van der Waals surface area contributed by atoms with E-state index in [4.69, 9.17) is 4.74 Å². The largest absolute Gasteiger partial charge is 0.371 e. The van der Waals surface area contributed by atoms with Gasteiger partial charge in [0.15, 0.2) is 0 Å². The molecule has 2 rings (SSSR count). The first-order valence-corrected chi connectivity index (χ1v) is 4.79. The molecule has 0 radical (unpaired) electrons. The van der Waals surface area contributed by atoms with Crippen LogP contribution in [-0.2, 0) is 11.3 Å². The number of aromatic nitrogens is 2. The Morgan fingerprint density at radius 2 is 2.33 bits per heavy atom. The predicted molar refractivity (Wildman–Crippen MR) is 49.1 cm³/mol. The summed E-state index contributed by atoms with van der Waals surface area (Å²) in [5.74, 6) is 0. The van der Waals surface area contributed by atoms with Crippen LogP contribution in [0.1, 0.15) is 11.4 Å². The second-order valence-electron chi connectivity index (χ2n) is 3.12. The van der Waals surface area contributed by atoms with Gasteiger partial charge in [0.05, 0.1) is 23.3 Å². The highest BCUT2D eigenvalue weighted by atomic mass is 79.9. The molecule has 3 nitrogen and oxygen atoms in total. The Labute approximate surface area is 79.8 Å². The SMILES string of the molecule is Cc1nn(CC2CO2)c(C)c1Br. The number of halogens is 1. The molecule has 0 spiro atoms. The molecule has 0 amide bonds. The van der Waals surface area contributed by atoms with Gasteiger partial charge in [0.25, 0.3) is 0 Å². The van der Waals surface area contributed by atoms with Crippen LogP contribution in [-0.4, -0.2) is 22.5 Å². The summed E-state index contributed by atoms with van der Waals surface area (Å²) in [6, 6.07) is 0. The van der Waals surface area contributed by atoms with Crippen LogP contribution in [0.2, 0.25) is 0 Å². The fourth-order valence-electron chi connectivity index (χ4n) is 1.22. The van der Waals surface area contributed by atoms with Gasteiger partial charge < -0.3 is 4.74 Å². The maximum Gasteiger partial charge on any atom is 0.100 e. The highest BCUT2D eigenvalue weighted by Crippen LogP contribution is 2.21. The summed E-state index contributed by atoms with van der Waals surface area (Å²) in [6.45, 7) is 5.84. The first-order chi connectivity index (χ1) is 5.68. The number of ether oxygens (including phenoxy) is 1. The van der Waals surface area contributed by atoms with Gasteiger partial charge in [-0.15, -0.1) is 0 Å². The van der Waals surface area contributed by atoms with Gasteiger partial charge in [-0.2, -0.15) is 5.10 Å². The maximum absolute atomic E-state index is 5.14. The van der Waals surface area contributed by atoms with Gasteiger partial charge in [0.2, 0.25) is 0 Å². The van der Waals surface area contributed by atoms with E-state index in [1.165, 1.54) is 5.69 Å². The molecule has 0 N–H and O–H groups in total.